The molecule has 4 rings (SSSR count). The van der Waals surface area contributed by atoms with Gasteiger partial charge in [0.05, 0.1) is 0 Å². The van der Waals surface area contributed by atoms with Crippen molar-refractivity contribution in [2.75, 3.05) is 11.4 Å². The van der Waals surface area contributed by atoms with Crippen molar-refractivity contribution < 1.29 is 29.0 Å². The van der Waals surface area contributed by atoms with Gasteiger partial charge in [-0.15, -0.1) is 11.8 Å². The molecule has 1 aliphatic carbocycles. The molecule has 3 amide bonds. The van der Waals surface area contributed by atoms with E-state index in [-0.39, 0.29) is 23.6 Å². The first-order valence-corrected chi connectivity index (χ1v) is 11.5. The van der Waals surface area contributed by atoms with Crippen LogP contribution in [0.2, 0.25) is 0 Å². The van der Waals surface area contributed by atoms with E-state index in [1.54, 1.807) is 30.3 Å². The lowest BCUT2D eigenvalue weighted by molar-refractivity contribution is -0.150. The van der Waals surface area contributed by atoms with Crippen molar-refractivity contribution in [1.29, 1.82) is 0 Å². The Labute approximate surface area is 189 Å². The number of amides is 3. The summed E-state index contributed by atoms with van der Waals surface area (Å²) >= 11 is 1.40. The zero-order valence-electron chi connectivity index (χ0n) is 17.8. The number of aliphatic carboxylic acids is 1. The van der Waals surface area contributed by atoms with Crippen LogP contribution < -0.4 is 10.2 Å². The number of para-hydroxylation sites is 1. The lowest BCUT2D eigenvalue weighted by Crippen LogP contribution is -2.71. The van der Waals surface area contributed by atoms with Crippen molar-refractivity contribution in [3.8, 4) is 0 Å². The molecule has 0 bridgehead atoms. The first-order chi connectivity index (χ1) is 15.3. The lowest BCUT2D eigenvalue weighted by atomic mass is 10.0. The molecule has 10 heteroatoms. The van der Waals surface area contributed by atoms with E-state index in [1.807, 2.05) is 13.8 Å². The quantitative estimate of drug-likeness (QED) is 0.601. The SMILES string of the molecule is CC1C=C(C(=O)O)N2C(=O)C(NC(=O)CN(C(=O)OC(C)C3CC3)c3ccccc3)[C@H]2S1. The van der Waals surface area contributed by atoms with Crippen molar-refractivity contribution >= 4 is 41.3 Å². The number of rotatable bonds is 7. The maximum atomic E-state index is 12.8. The van der Waals surface area contributed by atoms with Crippen molar-refractivity contribution in [1.82, 2.24) is 10.2 Å². The molecular weight excluding hydrogens is 434 g/mol. The van der Waals surface area contributed by atoms with Gasteiger partial charge in [-0.3, -0.25) is 19.4 Å². The van der Waals surface area contributed by atoms with Crippen LogP contribution in [0.3, 0.4) is 0 Å². The number of carboxylic acids is 1. The van der Waals surface area contributed by atoms with Gasteiger partial charge in [-0.1, -0.05) is 18.2 Å². The molecule has 1 saturated heterocycles. The van der Waals surface area contributed by atoms with Crippen LogP contribution in [0.4, 0.5) is 10.5 Å². The van der Waals surface area contributed by atoms with Crippen LogP contribution in [-0.2, 0) is 19.1 Å². The molecule has 9 nitrogen and oxygen atoms in total. The number of β-lactam (4-membered cyclic amide) rings is 1. The number of ether oxygens (including phenoxy) is 1. The minimum atomic E-state index is -1.18. The molecule has 3 aliphatic rings. The topological polar surface area (TPSA) is 116 Å². The Hall–Kier alpha value is -3.01. The van der Waals surface area contributed by atoms with Crippen molar-refractivity contribution in [2.45, 2.75) is 49.5 Å². The summed E-state index contributed by atoms with van der Waals surface area (Å²) in [6.45, 7) is 3.36. The average Bonchev–Trinajstić information content (AvgIpc) is 3.61. The third-order valence-electron chi connectivity index (χ3n) is 5.75. The highest BCUT2D eigenvalue weighted by molar-refractivity contribution is 8.00. The van der Waals surface area contributed by atoms with Gasteiger partial charge < -0.3 is 15.2 Å². The second kappa shape index (κ2) is 8.85. The molecule has 1 aromatic rings. The zero-order valence-corrected chi connectivity index (χ0v) is 18.6. The Morgan fingerprint density at radius 2 is 1.97 bits per heavy atom. The normalized spacial score (nSPS) is 25.1. The summed E-state index contributed by atoms with van der Waals surface area (Å²) in [6, 6.07) is 7.87. The van der Waals surface area contributed by atoms with E-state index in [2.05, 4.69) is 5.32 Å². The molecule has 0 radical (unpaired) electrons. The number of nitrogens with one attached hydrogen (secondary N) is 1. The maximum absolute atomic E-state index is 12.8. The van der Waals surface area contributed by atoms with E-state index >= 15 is 0 Å². The molecular formula is C22H25N3O6S. The van der Waals surface area contributed by atoms with Gasteiger partial charge in [-0.05, 0) is 50.8 Å². The number of hydrogen-bond acceptors (Lipinski definition) is 6. The van der Waals surface area contributed by atoms with Crippen LogP contribution in [0.15, 0.2) is 42.1 Å². The standard InChI is InChI=1S/C22H25N3O6S/c1-12-10-16(21(28)29)25-19(27)18(20(25)32-12)23-17(26)11-24(15-6-4-3-5-7-15)22(30)31-13(2)14-8-9-14/h3-7,10,12-14,18,20H,8-9,11H2,1-2H3,(H,23,26)(H,28,29)/t12?,13?,18?,20-/m1/s1. The van der Waals surface area contributed by atoms with Gasteiger partial charge in [-0.25, -0.2) is 9.59 Å². The van der Waals surface area contributed by atoms with Crippen LogP contribution in [0, 0.1) is 5.92 Å². The fourth-order valence-corrected chi connectivity index (χ4v) is 5.17. The Bertz CT molecular complexity index is 964. The number of carbonyl (C=O) groups is 4. The van der Waals surface area contributed by atoms with Crippen LogP contribution in [-0.4, -0.2) is 63.2 Å². The highest BCUT2D eigenvalue weighted by Crippen LogP contribution is 2.40. The molecule has 2 aliphatic heterocycles. The fraction of sp³-hybridized carbons (Fsp3) is 0.455. The highest BCUT2D eigenvalue weighted by Gasteiger charge is 2.53. The van der Waals surface area contributed by atoms with Crippen molar-refractivity contribution in [3.05, 3.63) is 42.1 Å². The summed E-state index contributed by atoms with van der Waals surface area (Å²) in [5, 5.41) is 11.4. The molecule has 2 fully saturated rings. The number of hydrogen-bond donors (Lipinski definition) is 2. The lowest BCUT2D eigenvalue weighted by Gasteiger charge is -2.49. The molecule has 170 valence electrons. The summed E-state index contributed by atoms with van der Waals surface area (Å²) in [5.74, 6) is -1.83. The minimum Gasteiger partial charge on any atom is -0.477 e. The first kappa shape index (κ1) is 22.2. The van der Waals surface area contributed by atoms with E-state index in [1.165, 1.54) is 27.6 Å². The number of anilines is 1. The van der Waals surface area contributed by atoms with Gasteiger partial charge >= 0.3 is 12.1 Å². The molecule has 0 spiro atoms. The third-order valence-corrected chi connectivity index (χ3v) is 7.07. The largest absolute Gasteiger partial charge is 0.477 e. The van der Waals surface area contributed by atoms with E-state index in [9.17, 15) is 24.3 Å². The second-order valence-corrected chi connectivity index (χ2v) is 9.69. The van der Waals surface area contributed by atoms with Crippen LogP contribution >= 0.6 is 11.8 Å². The van der Waals surface area contributed by atoms with Gasteiger partial charge in [-0.2, -0.15) is 0 Å². The fourth-order valence-electron chi connectivity index (χ4n) is 3.84. The van der Waals surface area contributed by atoms with Crippen molar-refractivity contribution in [3.63, 3.8) is 0 Å². The molecule has 3 unspecified atom stereocenters. The third kappa shape index (κ3) is 4.45. The number of fused-ring (bicyclic) bond motifs is 1. The Balaban J connectivity index is 1.44. The van der Waals surface area contributed by atoms with Gasteiger partial charge in [0.15, 0.2) is 0 Å². The summed E-state index contributed by atoms with van der Waals surface area (Å²) < 4.78 is 5.55. The number of carboxylic acid groups (broad SMARTS) is 1. The first-order valence-electron chi connectivity index (χ1n) is 10.5. The van der Waals surface area contributed by atoms with Gasteiger partial charge in [0.1, 0.15) is 29.8 Å². The monoisotopic (exact) mass is 459 g/mol. The summed E-state index contributed by atoms with van der Waals surface area (Å²) in [4.78, 5) is 52.1. The molecule has 0 aromatic heterocycles. The van der Waals surface area contributed by atoms with E-state index < -0.39 is 35.3 Å². The van der Waals surface area contributed by atoms with Crippen LogP contribution in [0.1, 0.15) is 26.7 Å². The van der Waals surface area contributed by atoms with E-state index in [0.29, 0.717) is 11.6 Å². The van der Waals surface area contributed by atoms with Crippen LogP contribution in [0.5, 0.6) is 0 Å². The number of benzene rings is 1. The number of nitrogens with zero attached hydrogens (tertiary/aromatic N) is 2. The van der Waals surface area contributed by atoms with E-state index in [4.69, 9.17) is 4.74 Å². The predicted octanol–water partition coefficient (Wildman–Crippen LogP) is 2.19. The van der Waals surface area contributed by atoms with Gasteiger partial charge in [0, 0.05) is 10.9 Å². The molecule has 4 atom stereocenters. The number of carbonyl (C=O) groups excluding carboxylic acids is 3. The average molecular weight is 460 g/mol. The molecule has 1 saturated carbocycles. The molecule has 32 heavy (non-hydrogen) atoms. The second-order valence-electron chi connectivity index (χ2n) is 8.19. The zero-order chi connectivity index (χ0) is 23.0. The highest BCUT2D eigenvalue weighted by atomic mass is 32.2. The van der Waals surface area contributed by atoms with E-state index in [0.717, 1.165) is 12.8 Å². The summed E-state index contributed by atoms with van der Waals surface area (Å²) in [7, 11) is 0. The maximum Gasteiger partial charge on any atom is 0.415 e. The molecule has 1 aromatic carbocycles. The minimum absolute atomic E-state index is 0.0692. The smallest absolute Gasteiger partial charge is 0.415 e. The van der Waals surface area contributed by atoms with Crippen LogP contribution in [0.25, 0.3) is 0 Å². The molecule has 2 N–H and O–H groups in total. The number of thioether (sulfide) groups is 1. The van der Waals surface area contributed by atoms with Gasteiger partial charge in [0.25, 0.3) is 5.91 Å². The molecule has 2 heterocycles. The Kier molecular flexibility index (Phi) is 6.14. The Morgan fingerprint density at radius 3 is 2.59 bits per heavy atom. The Morgan fingerprint density at radius 1 is 1.28 bits per heavy atom. The summed E-state index contributed by atoms with van der Waals surface area (Å²) in [5.41, 5.74) is 0.439. The predicted molar refractivity (Wildman–Crippen MR) is 118 cm³/mol. The summed E-state index contributed by atoms with van der Waals surface area (Å²) in [6.07, 6.45) is 2.70. The van der Waals surface area contributed by atoms with Crippen molar-refractivity contribution in [2.24, 2.45) is 5.92 Å². The van der Waals surface area contributed by atoms with Gasteiger partial charge in [0.2, 0.25) is 5.91 Å².